The molecule has 0 aliphatic rings. The molecule has 0 atom stereocenters. The smallest absolute Gasteiger partial charge is 0.323 e. The van der Waals surface area contributed by atoms with Gasteiger partial charge in [0.25, 0.3) is 0 Å². The number of carbonyl (C=O) groups excluding carboxylic acids is 2. The lowest BCUT2D eigenvalue weighted by Crippen LogP contribution is -2.19. The molecule has 7 heteroatoms. The predicted octanol–water partition coefficient (Wildman–Crippen LogP) is 5.25. The third-order valence-corrected chi connectivity index (χ3v) is 4.36. The molecular weight excluding hydrogens is 380 g/mol. The number of rotatable bonds is 5. The molecule has 0 saturated heterocycles. The number of Topliss-reactive ketones (excluding diaryl/α,β-unsaturated/α-hetero) is 1. The fourth-order valence-electron chi connectivity index (χ4n) is 2.84. The molecule has 0 saturated carbocycles. The van der Waals surface area contributed by atoms with Gasteiger partial charge in [-0.15, -0.1) is 10.2 Å². The van der Waals surface area contributed by atoms with Crippen LogP contribution >= 0.6 is 0 Å². The van der Waals surface area contributed by atoms with Crippen LogP contribution in [0.3, 0.4) is 0 Å². The third kappa shape index (κ3) is 4.41. The molecule has 2 N–H and O–H groups in total. The second-order valence-electron chi connectivity index (χ2n) is 6.57. The molecule has 0 radical (unpaired) electrons. The lowest BCUT2D eigenvalue weighted by atomic mass is 10.1. The van der Waals surface area contributed by atoms with Crippen molar-refractivity contribution in [3.8, 4) is 22.9 Å². The van der Waals surface area contributed by atoms with Crippen LogP contribution in [0.15, 0.2) is 83.3 Å². The number of hydrogen-bond acceptors (Lipinski definition) is 5. The van der Waals surface area contributed by atoms with Crippen LogP contribution in [0.2, 0.25) is 0 Å². The van der Waals surface area contributed by atoms with E-state index in [1.807, 2.05) is 30.3 Å². The minimum Gasteiger partial charge on any atom is -0.416 e. The topological polar surface area (TPSA) is 97.1 Å². The Hall–Kier alpha value is -4.26. The van der Waals surface area contributed by atoms with E-state index < -0.39 is 6.03 Å². The van der Waals surface area contributed by atoms with E-state index in [4.69, 9.17) is 4.42 Å². The van der Waals surface area contributed by atoms with E-state index in [0.717, 1.165) is 11.1 Å². The van der Waals surface area contributed by atoms with Crippen LogP contribution in [0.25, 0.3) is 22.9 Å². The van der Waals surface area contributed by atoms with Gasteiger partial charge in [-0.25, -0.2) is 4.79 Å². The minimum absolute atomic E-state index is 0.0638. The van der Waals surface area contributed by atoms with E-state index in [-0.39, 0.29) is 5.78 Å². The average molecular weight is 398 g/mol. The Bertz CT molecular complexity index is 1180. The summed E-state index contributed by atoms with van der Waals surface area (Å²) in [6, 6.07) is 22.9. The first kappa shape index (κ1) is 19.1. The summed E-state index contributed by atoms with van der Waals surface area (Å²) in [5, 5.41) is 13.6. The summed E-state index contributed by atoms with van der Waals surface area (Å²) in [5.41, 5.74) is 3.26. The monoisotopic (exact) mass is 398 g/mol. The molecule has 0 bridgehead atoms. The maximum atomic E-state index is 12.2. The van der Waals surface area contributed by atoms with Crippen LogP contribution in [0.4, 0.5) is 16.2 Å². The summed E-state index contributed by atoms with van der Waals surface area (Å²) in [5.74, 6) is 0.775. The normalized spacial score (nSPS) is 10.4. The molecule has 4 aromatic rings. The van der Waals surface area contributed by atoms with Crippen molar-refractivity contribution in [1.29, 1.82) is 0 Å². The molecule has 4 rings (SSSR count). The highest BCUT2D eigenvalue weighted by Crippen LogP contribution is 2.24. The van der Waals surface area contributed by atoms with E-state index in [1.165, 1.54) is 6.92 Å². The first-order valence-electron chi connectivity index (χ1n) is 9.27. The van der Waals surface area contributed by atoms with Gasteiger partial charge in [0.15, 0.2) is 5.78 Å². The summed E-state index contributed by atoms with van der Waals surface area (Å²) in [7, 11) is 0. The molecule has 0 unspecified atom stereocenters. The van der Waals surface area contributed by atoms with Crippen molar-refractivity contribution in [1.82, 2.24) is 10.2 Å². The summed E-state index contributed by atoms with van der Waals surface area (Å²) in [6.07, 6.45) is 0. The van der Waals surface area contributed by atoms with Gasteiger partial charge in [0, 0.05) is 28.1 Å². The summed E-state index contributed by atoms with van der Waals surface area (Å²) < 4.78 is 5.74. The molecule has 30 heavy (non-hydrogen) atoms. The Morgan fingerprint density at radius 2 is 1.37 bits per heavy atom. The van der Waals surface area contributed by atoms with E-state index >= 15 is 0 Å². The van der Waals surface area contributed by atoms with Crippen molar-refractivity contribution >= 4 is 23.2 Å². The van der Waals surface area contributed by atoms with Crippen molar-refractivity contribution in [3.05, 3.63) is 84.4 Å². The zero-order chi connectivity index (χ0) is 20.9. The third-order valence-electron chi connectivity index (χ3n) is 4.36. The number of benzene rings is 3. The van der Waals surface area contributed by atoms with Crippen LogP contribution in [0.5, 0.6) is 0 Å². The quantitative estimate of drug-likeness (QED) is 0.448. The average Bonchev–Trinajstić information content (AvgIpc) is 3.25. The van der Waals surface area contributed by atoms with E-state index in [2.05, 4.69) is 20.8 Å². The molecule has 148 valence electrons. The van der Waals surface area contributed by atoms with Gasteiger partial charge in [-0.3, -0.25) is 4.79 Å². The van der Waals surface area contributed by atoms with Crippen molar-refractivity contribution in [2.75, 3.05) is 10.6 Å². The minimum atomic E-state index is -0.410. The zero-order valence-corrected chi connectivity index (χ0v) is 16.1. The van der Waals surface area contributed by atoms with Gasteiger partial charge in [0.2, 0.25) is 11.8 Å². The molecule has 3 aromatic carbocycles. The van der Waals surface area contributed by atoms with Crippen LogP contribution in [-0.4, -0.2) is 22.0 Å². The lowest BCUT2D eigenvalue weighted by Gasteiger charge is -2.08. The molecule has 0 aliphatic carbocycles. The number of urea groups is 1. The van der Waals surface area contributed by atoms with Crippen LogP contribution in [0, 0.1) is 0 Å². The fraction of sp³-hybridized carbons (Fsp3) is 0.0435. The van der Waals surface area contributed by atoms with Crippen LogP contribution in [-0.2, 0) is 0 Å². The Morgan fingerprint density at radius 3 is 2.03 bits per heavy atom. The molecule has 1 heterocycles. The second-order valence-corrected chi connectivity index (χ2v) is 6.57. The fourth-order valence-corrected chi connectivity index (χ4v) is 2.84. The number of nitrogens with zero attached hydrogens (tertiary/aromatic N) is 2. The molecule has 7 nitrogen and oxygen atoms in total. The van der Waals surface area contributed by atoms with E-state index in [1.54, 1.807) is 48.5 Å². The highest BCUT2D eigenvalue weighted by Gasteiger charge is 2.11. The Kier molecular flexibility index (Phi) is 5.34. The maximum absolute atomic E-state index is 12.2. The zero-order valence-electron chi connectivity index (χ0n) is 16.1. The number of carbonyl (C=O) groups is 2. The SMILES string of the molecule is CC(=O)c1cccc(NC(=O)Nc2ccc(-c3nnc(-c4ccccc4)o3)cc2)c1. The van der Waals surface area contributed by atoms with Crippen molar-refractivity contribution < 1.29 is 14.0 Å². The van der Waals surface area contributed by atoms with Gasteiger partial charge in [0.1, 0.15) is 0 Å². The standard InChI is InChI=1S/C23H18N4O3/c1-15(28)18-8-5-9-20(14-18)25-23(29)24-19-12-10-17(11-13-19)22-27-26-21(30-22)16-6-3-2-4-7-16/h2-14H,1H3,(H2,24,25,29). The van der Waals surface area contributed by atoms with Crippen LogP contribution < -0.4 is 10.6 Å². The molecule has 1 aromatic heterocycles. The molecular formula is C23H18N4O3. The first-order valence-corrected chi connectivity index (χ1v) is 9.27. The van der Waals surface area contributed by atoms with E-state index in [0.29, 0.717) is 28.7 Å². The predicted molar refractivity (Wildman–Crippen MR) is 114 cm³/mol. The Balaban J connectivity index is 1.41. The summed E-state index contributed by atoms with van der Waals surface area (Å²) in [6.45, 7) is 1.48. The number of amides is 2. The van der Waals surface area contributed by atoms with Gasteiger partial charge in [-0.1, -0.05) is 30.3 Å². The Labute approximate surface area is 172 Å². The highest BCUT2D eigenvalue weighted by molar-refractivity contribution is 6.01. The number of nitrogens with one attached hydrogen (secondary N) is 2. The summed E-state index contributed by atoms with van der Waals surface area (Å²) >= 11 is 0. The molecule has 0 fully saturated rings. The lowest BCUT2D eigenvalue weighted by molar-refractivity contribution is 0.101. The van der Waals surface area contributed by atoms with Crippen molar-refractivity contribution in [2.45, 2.75) is 6.92 Å². The first-order chi connectivity index (χ1) is 14.6. The van der Waals surface area contributed by atoms with Gasteiger partial charge in [-0.05, 0) is 55.5 Å². The highest BCUT2D eigenvalue weighted by atomic mass is 16.4. The maximum Gasteiger partial charge on any atom is 0.323 e. The van der Waals surface area contributed by atoms with Gasteiger partial charge >= 0.3 is 6.03 Å². The van der Waals surface area contributed by atoms with Gasteiger partial charge in [0.05, 0.1) is 0 Å². The van der Waals surface area contributed by atoms with Gasteiger partial charge in [-0.2, -0.15) is 0 Å². The molecule has 2 amide bonds. The number of hydrogen-bond donors (Lipinski definition) is 2. The van der Waals surface area contributed by atoms with Crippen molar-refractivity contribution in [2.24, 2.45) is 0 Å². The van der Waals surface area contributed by atoms with Crippen molar-refractivity contribution in [3.63, 3.8) is 0 Å². The summed E-state index contributed by atoms with van der Waals surface area (Å²) in [4.78, 5) is 23.7. The van der Waals surface area contributed by atoms with E-state index in [9.17, 15) is 9.59 Å². The second kappa shape index (κ2) is 8.40. The Morgan fingerprint density at radius 1 is 0.733 bits per heavy atom. The number of aromatic nitrogens is 2. The van der Waals surface area contributed by atoms with Gasteiger partial charge < -0.3 is 15.1 Å². The molecule has 0 aliphatic heterocycles. The number of anilines is 2. The number of ketones is 1. The molecule has 0 spiro atoms. The largest absolute Gasteiger partial charge is 0.416 e. The van der Waals surface area contributed by atoms with Crippen LogP contribution in [0.1, 0.15) is 17.3 Å².